The van der Waals surface area contributed by atoms with Crippen molar-refractivity contribution in [3.63, 3.8) is 0 Å². The summed E-state index contributed by atoms with van der Waals surface area (Å²) in [7, 11) is 0. The molecule has 9 heteroatoms. The fraction of sp³-hybridized carbons (Fsp3) is 0.409. The number of anilines is 2. The first-order chi connectivity index (χ1) is 14.8. The Labute approximate surface area is 177 Å². The van der Waals surface area contributed by atoms with Crippen molar-refractivity contribution in [3.8, 4) is 0 Å². The Morgan fingerprint density at radius 3 is 2.65 bits per heavy atom. The Morgan fingerprint density at radius 2 is 1.90 bits per heavy atom. The molecule has 2 amide bonds. The van der Waals surface area contributed by atoms with Crippen molar-refractivity contribution in [1.82, 2.24) is 15.2 Å². The van der Waals surface area contributed by atoms with Gasteiger partial charge in [0.1, 0.15) is 5.82 Å². The molecule has 31 heavy (non-hydrogen) atoms. The van der Waals surface area contributed by atoms with Gasteiger partial charge in [0, 0.05) is 31.0 Å². The van der Waals surface area contributed by atoms with Gasteiger partial charge in [-0.1, -0.05) is 6.07 Å². The molecule has 1 aliphatic heterocycles. The van der Waals surface area contributed by atoms with E-state index >= 15 is 0 Å². The number of carbonyl (C=O) groups is 2. The van der Waals surface area contributed by atoms with Crippen LogP contribution in [0.4, 0.5) is 24.7 Å². The Bertz CT molecular complexity index is 975. The topological polar surface area (TPSA) is 74.3 Å². The van der Waals surface area contributed by atoms with Gasteiger partial charge in [-0.15, -0.1) is 0 Å². The lowest BCUT2D eigenvalue weighted by molar-refractivity contribution is -0.137. The van der Waals surface area contributed by atoms with Crippen LogP contribution in [0.1, 0.15) is 41.6 Å². The molecule has 1 saturated heterocycles. The molecule has 2 aromatic rings. The van der Waals surface area contributed by atoms with Crippen molar-refractivity contribution in [3.05, 3.63) is 53.7 Å². The first-order valence-corrected chi connectivity index (χ1v) is 10.3. The minimum absolute atomic E-state index is 0.0199. The second-order valence-corrected chi connectivity index (χ2v) is 7.98. The van der Waals surface area contributed by atoms with Gasteiger partial charge in [-0.25, -0.2) is 4.98 Å². The van der Waals surface area contributed by atoms with E-state index in [9.17, 15) is 22.8 Å². The lowest BCUT2D eigenvalue weighted by atomic mass is 9.96. The van der Waals surface area contributed by atoms with Gasteiger partial charge in [-0.2, -0.15) is 13.2 Å². The maximum Gasteiger partial charge on any atom is 0.416 e. The van der Waals surface area contributed by atoms with Gasteiger partial charge in [0.25, 0.3) is 5.91 Å². The lowest BCUT2D eigenvalue weighted by Crippen LogP contribution is -2.46. The molecule has 1 aliphatic carbocycles. The van der Waals surface area contributed by atoms with Gasteiger partial charge < -0.3 is 15.5 Å². The molecule has 1 atom stereocenters. The average Bonchev–Trinajstić information content (AvgIpc) is 3.57. The SMILES string of the molecule is O=C(NC1CC1)C1CCCN(C(=O)c2cccnc2Nc2cccc(C(F)(F)F)c2)C1. The lowest BCUT2D eigenvalue weighted by Gasteiger charge is -2.32. The highest BCUT2D eigenvalue weighted by atomic mass is 19.4. The Kier molecular flexibility index (Phi) is 5.84. The summed E-state index contributed by atoms with van der Waals surface area (Å²) in [6.45, 7) is 0.833. The number of hydrogen-bond acceptors (Lipinski definition) is 4. The molecular weight excluding hydrogens is 409 g/mol. The van der Waals surface area contributed by atoms with Crippen LogP contribution in [-0.2, 0) is 11.0 Å². The smallest absolute Gasteiger partial charge is 0.353 e. The maximum absolute atomic E-state index is 13.2. The van der Waals surface area contributed by atoms with E-state index in [1.165, 1.54) is 18.3 Å². The molecule has 2 fully saturated rings. The third kappa shape index (κ3) is 5.15. The highest BCUT2D eigenvalue weighted by molar-refractivity contribution is 5.99. The van der Waals surface area contributed by atoms with Crippen molar-refractivity contribution < 1.29 is 22.8 Å². The van der Waals surface area contributed by atoms with E-state index in [1.807, 2.05) is 0 Å². The fourth-order valence-corrected chi connectivity index (χ4v) is 3.68. The molecule has 6 nitrogen and oxygen atoms in total. The van der Waals surface area contributed by atoms with Crippen LogP contribution in [0.15, 0.2) is 42.6 Å². The molecular formula is C22H23F3N4O2. The largest absolute Gasteiger partial charge is 0.416 e. The van der Waals surface area contributed by atoms with Crippen LogP contribution >= 0.6 is 0 Å². The van der Waals surface area contributed by atoms with Crippen molar-refractivity contribution >= 4 is 23.3 Å². The second-order valence-electron chi connectivity index (χ2n) is 7.98. The molecule has 164 valence electrons. The zero-order chi connectivity index (χ0) is 22.0. The van der Waals surface area contributed by atoms with Crippen molar-refractivity contribution in [2.24, 2.45) is 5.92 Å². The van der Waals surface area contributed by atoms with E-state index in [0.717, 1.165) is 31.4 Å². The number of benzene rings is 1. The van der Waals surface area contributed by atoms with Crippen LogP contribution in [0.5, 0.6) is 0 Å². The standard InChI is InChI=1S/C22H23F3N4O2/c23-22(24,25)15-5-1-6-17(12-15)27-19-18(7-2-10-26-19)21(31)29-11-3-4-14(13-29)20(30)28-16-8-9-16/h1-2,5-7,10,12,14,16H,3-4,8-9,11,13H2,(H,26,27)(H,28,30). The monoisotopic (exact) mass is 432 g/mol. The number of amides is 2. The van der Waals surface area contributed by atoms with Crippen molar-refractivity contribution in [2.45, 2.75) is 37.9 Å². The third-order valence-electron chi connectivity index (χ3n) is 5.49. The van der Waals surface area contributed by atoms with Crippen LogP contribution < -0.4 is 10.6 Å². The van der Waals surface area contributed by atoms with Crippen LogP contribution in [0.25, 0.3) is 0 Å². The molecule has 0 radical (unpaired) electrons. The average molecular weight is 432 g/mol. The number of hydrogen-bond donors (Lipinski definition) is 2. The van der Waals surface area contributed by atoms with Crippen molar-refractivity contribution in [2.75, 3.05) is 18.4 Å². The zero-order valence-electron chi connectivity index (χ0n) is 16.8. The van der Waals surface area contributed by atoms with Crippen molar-refractivity contribution in [1.29, 1.82) is 0 Å². The normalized spacial score (nSPS) is 19.1. The Hall–Kier alpha value is -3.10. The van der Waals surface area contributed by atoms with Gasteiger partial charge >= 0.3 is 6.18 Å². The second kappa shape index (κ2) is 8.56. The first-order valence-electron chi connectivity index (χ1n) is 10.3. The van der Waals surface area contributed by atoms with E-state index < -0.39 is 11.7 Å². The van der Waals surface area contributed by atoms with Crippen LogP contribution in [-0.4, -0.2) is 40.8 Å². The number of nitrogens with zero attached hydrogens (tertiary/aromatic N) is 2. The number of halogens is 3. The molecule has 2 N–H and O–H groups in total. The molecule has 1 saturated carbocycles. The molecule has 2 heterocycles. The van der Waals surface area contributed by atoms with Gasteiger partial charge in [0.2, 0.25) is 5.91 Å². The van der Waals surface area contributed by atoms with E-state index in [2.05, 4.69) is 15.6 Å². The van der Waals surface area contributed by atoms with Crippen LogP contribution in [0, 0.1) is 5.92 Å². The highest BCUT2D eigenvalue weighted by Gasteiger charge is 2.33. The number of alkyl halides is 3. The zero-order valence-corrected chi connectivity index (χ0v) is 16.8. The van der Waals surface area contributed by atoms with Gasteiger partial charge in [-0.3, -0.25) is 9.59 Å². The summed E-state index contributed by atoms with van der Waals surface area (Å²) in [6, 6.07) is 8.18. The van der Waals surface area contributed by atoms with Crippen LogP contribution in [0.2, 0.25) is 0 Å². The molecule has 1 aromatic heterocycles. The summed E-state index contributed by atoms with van der Waals surface area (Å²) in [4.78, 5) is 31.4. The van der Waals surface area contributed by atoms with Crippen LogP contribution in [0.3, 0.4) is 0 Å². The highest BCUT2D eigenvalue weighted by Crippen LogP contribution is 2.32. The fourth-order valence-electron chi connectivity index (χ4n) is 3.68. The van der Waals surface area contributed by atoms with E-state index in [-0.39, 0.29) is 40.8 Å². The molecule has 4 rings (SSSR count). The Morgan fingerprint density at radius 1 is 1.10 bits per heavy atom. The molecule has 0 bridgehead atoms. The third-order valence-corrected chi connectivity index (χ3v) is 5.49. The number of nitrogens with one attached hydrogen (secondary N) is 2. The predicted octanol–water partition coefficient (Wildman–Crippen LogP) is 3.97. The number of rotatable bonds is 5. The molecule has 1 aromatic carbocycles. The predicted molar refractivity (Wildman–Crippen MR) is 109 cm³/mol. The number of carbonyl (C=O) groups excluding carboxylic acids is 2. The number of likely N-dealkylation sites (tertiary alicyclic amines) is 1. The summed E-state index contributed by atoms with van der Waals surface area (Å²) < 4.78 is 39.0. The van der Waals surface area contributed by atoms with Gasteiger partial charge in [-0.05, 0) is 56.0 Å². The van der Waals surface area contributed by atoms with Gasteiger partial charge in [0.05, 0.1) is 17.0 Å². The summed E-state index contributed by atoms with van der Waals surface area (Å²) in [6.07, 6.45) is 0.442. The quantitative estimate of drug-likeness (QED) is 0.750. The maximum atomic E-state index is 13.2. The number of pyridine rings is 1. The van der Waals surface area contributed by atoms with E-state index in [4.69, 9.17) is 0 Å². The minimum atomic E-state index is -4.47. The molecule has 1 unspecified atom stereocenters. The van der Waals surface area contributed by atoms with E-state index in [0.29, 0.717) is 19.5 Å². The minimum Gasteiger partial charge on any atom is -0.353 e. The summed E-state index contributed by atoms with van der Waals surface area (Å²) in [5.74, 6) is -0.397. The summed E-state index contributed by atoms with van der Waals surface area (Å²) in [5, 5.41) is 5.83. The number of aromatic nitrogens is 1. The molecule has 2 aliphatic rings. The Balaban J connectivity index is 1.50. The van der Waals surface area contributed by atoms with E-state index in [1.54, 1.807) is 17.0 Å². The first kappa shape index (κ1) is 21.1. The molecule has 0 spiro atoms. The summed E-state index contributed by atoms with van der Waals surface area (Å²) >= 11 is 0. The number of piperidine rings is 1. The summed E-state index contributed by atoms with van der Waals surface area (Å²) in [5.41, 5.74) is -0.354. The van der Waals surface area contributed by atoms with Gasteiger partial charge in [0.15, 0.2) is 0 Å².